The summed E-state index contributed by atoms with van der Waals surface area (Å²) in [5, 5.41) is 11.9. The summed E-state index contributed by atoms with van der Waals surface area (Å²) in [6.07, 6.45) is 5.27. The Balaban J connectivity index is 2.37. The Morgan fingerprint density at radius 2 is 2.53 bits per heavy atom. The van der Waals surface area contributed by atoms with E-state index < -0.39 is 0 Å². The van der Waals surface area contributed by atoms with Gasteiger partial charge < -0.3 is 0 Å². The van der Waals surface area contributed by atoms with Crippen LogP contribution in [0.2, 0.25) is 0 Å². The molecule has 2 heterocycles. The van der Waals surface area contributed by atoms with Crippen LogP contribution in [0.25, 0.3) is 21.7 Å². The van der Waals surface area contributed by atoms with Crippen molar-refractivity contribution in [2.45, 2.75) is 13.1 Å². The van der Waals surface area contributed by atoms with Gasteiger partial charge in [-0.05, 0) is 23.0 Å². The van der Waals surface area contributed by atoms with E-state index in [1.165, 1.54) is 0 Å². The topological polar surface area (TPSA) is 66.6 Å². The van der Waals surface area contributed by atoms with Gasteiger partial charge in [-0.1, -0.05) is 11.0 Å². The zero-order valence-electron chi connectivity index (χ0n) is 8.95. The van der Waals surface area contributed by atoms with Gasteiger partial charge in [0.05, 0.1) is 12.2 Å². The van der Waals surface area contributed by atoms with Gasteiger partial charge in [0.25, 0.3) is 0 Å². The van der Waals surface area contributed by atoms with Crippen LogP contribution in [-0.2, 0) is 13.1 Å². The number of aromatic nitrogens is 2. The van der Waals surface area contributed by atoms with E-state index in [1.54, 1.807) is 16.0 Å². The second-order valence-electron chi connectivity index (χ2n) is 3.28. The largest absolute Gasteiger partial charge is 0.257 e. The molecular weight excluding hydrogens is 234 g/mol. The van der Waals surface area contributed by atoms with Crippen LogP contribution in [-0.4, -0.2) is 9.78 Å². The standard InChI is InChI=1S/C11H9N5S/c1-2-4-16-10(7-13-15-12)6-11(14-16)9-3-5-17-8-9/h1,3,5-6,8H,4,7H2. The summed E-state index contributed by atoms with van der Waals surface area (Å²) in [5.41, 5.74) is 11.1. The molecule has 6 heteroatoms. The summed E-state index contributed by atoms with van der Waals surface area (Å²) >= 11 is 1.61. The predicted octanol–water partition coefficient (Wildman–Crippen LogP) is 3.06. The van der Waals surface area contributed by atoms with Crippen LogP contribution in [0, 0.1) is 12.3 Å². The van der Waals surface area contributed by atoms with Crippen molar-refractivity contribution in [3.63, 3.8) is 0 Å². The molecule has 17 heavy (non-hydrogen) atoms. The molecule has 0 aliphatic heterocycles. The van der Waals surface area contributed by atoms with Gasteiger partial charge in [-0.2, -0.15) is 16.4 Å². The molecule has 2 aromatic rings. The zero-order valence-corrected chi connectivity index (χ0v) is 9.76. The molecular formula is C11H9N5S. The van der Waals surface area contributed by atoms with Gasteiger partial charge in [0.1, 0.15) is 6.54 Å². The fourth-order valence-corrected chi connectivity index (χ4v) is 2.11. The zero-order chi connectivity index (χ0) is 12.1. The van der Waals surface area contributed by atoms with E-state index in [1.807, 2.05) is 22.9 Å². The summed E-state index contributed by atoms with van der Waals surface area (Å²) in [6.45, 7) is 0.635. The van der Waals surface area contributed by atoms with Crippen molar-refractivity contribution in [3.05, 3.63) is 39.0 Å². The Bertz CT molecular complexity index is 584. The Labute approximate surface area is 102 Å². The van der Waals surface area contributed by atoms with Crippen molar-refractivity contribution < 1.29 is 0 Å². The second kappa shape index (κ2) is 5.21. The third-order valence-electron chi connectivity index (χ3n) is 2.22. The van der Waals surface area contributed by atoms with Crippen molar-refractivity contribution in [1.82, 2.24) is 9.78 Å². The molecule has 0 radical (unpaired) electrons. The van der Waals surface area contributed by atoms with E-state index in [2.05, 4.69) is 21.0 Å². The third-order valence-corrected chi connectivity index (χ3v) is 2.90. The molecule has 0 unspecified atom stereocenters. The maximum atomic E-state index is 8.33. The number of azide groups is 1. The molecule has 0 aliphatic rings. The molecule has 0 amide bonds. The van der Waals surface area contributed by atoms with Gasteiger partial charge in [-0.15, -0.1) is 6.42 Å². The Morgan fingerprint density at radius 1 is 1.65 bits per heavy atom. The first kappa shape index (κ1) is 11.3. The molecule has 0 fully saturated rings. The monoisotopic (exact) mass is 243 g/mol. The van der Waals surface area contributed by atoms with Crippen molar-refractivity contribution in [3.8, 4) is 23.6 Å². The summed E-state index contributed by atoms with van der Waals surface area (Å²) in [4.78, 5) is 2.74. The minimum atomic E-state index is 0.259. The molecule has 0 saturated heterocycles. The molecule has 2 aromatic heterocycles. The SMILES string of the molecule is C#CCn1nc(-c2ccsc2)cc1CN=[N+]=[N-]. The first-order valence-electron chi connectivity index (χ1n) is 4.88. The first-order chi connectivity index (χ1) is 8.35. The van der Waals surface area contributed by atoms with Gasteiger partial charge in [-0.25, -0.2) is 0 Å². The number of thiophene rings is 1. The molecule has 0 aromatic carbocycles. The molecule has 84 valence electrons. The van der Waals surface area contributed by atoms with Crippen molar-refractivity contribution in [1.29, 1.82) is 0 Å². The quantitative estimate of drug-likeness (QED) is 0.352. The van der Waals surface area contributed by atoms with Crippen molar-refractivity contribution >= 4 is 11.3 Å². The lowest BCUT2D eigenvalue weighted by Gasteiger charge is -1.98. The molecule has 2 rings (SSSR count). The average molecular weight is 243 g/mol. The van der Waals surface area contributed by atoms with Gasteiger partial charge in [0, 0.05) is 21.5 Å². The van der Waals surface area contributed by atoms with Gasteiger partial charge in [0.15, 0.2) is 0 Å². The van der Waals surface area contributed by atoms with Crippen LogP contribution < -0.4 is 0 Å². The van der Waals surface area contributed by atoms with Crippen LogP contribution >= 0.6 is 11.3 Å². The first-order valence-corrected chi connectivity index (χ1v) is 5.83. The molecule has 0 bridgehead atoms. The van der Waals surface area contributed by atoms with E-state index in [4.69, 9.17) is 12.0 Å². The fourth-order valence-electron chi connectivity index (χ4n) is 1.46. The van der Waals surface area contributed by atoms with Gasteiger partial charge in [0.2, 0.25) is 0 Å². The minimum absolute atomic E-state index is 0.259. The lowest BCUT2D eigenvalue weighted by atomic mass is 10.2. The second-order valence-corrected chi connectivity index (χ2v) is 4.06. The minimum Gasteiger partial charge on any atom is -0.257 e. The van der Waals surface area contributed by atoms with Crippen LogP contribution in [0.4, 0.5) is 0 Å². The predicted molar refractivity (Wildman–Crippen MR) is 67.2 cm³/mol. The van der Waals surface area contributed by atoms with E-state index in [0.29, 0.717) is 6.54 Å². The van der Waals surface area contributed by atoms with Gasteiger partial charge in [-0.3, -0.25) is 4.68 Å². The van der Waals surface area contributed by atoms with Crippen LogP contribution in [0.1, 0.15) is 5.69 Å². The van der Waals surface area contributed by atoms with Gasteiger partial charge >= 0.3 is 0 Å². The smallest absolute Gasteiger partial charge is 0.102 e. The Kier molecular flexibility index (Phi) is 3.46. The molecule has 0 saturated carbocycles. The summed E-state index contributed by atoms with van der Waals surface area (Å²) in [6, 6.07) is 3.89. The van der Waals surface area contributed by atoms with Crippen LogP contribution in [0.3, 0.4) is 0 Å². The van der Waals surface area contributed by atoms with Crippen molar-refractivity contribution in [2.24, 2.45) is 5.11 Å². The number of hydrogen-bond acceptors (Lipinski definition) is 3. The molecule has 0 atom stereocenters. The van der Waals surface area contributed by atoms with Crippen molar-refractivity contribution in [2.75, 3.05) is 0 Å². The Morgan fingerprint density at radius 3 is 3.18 bits per heavy atom. The average Bonchev–Trinajstić information content (AvgIpc) is 2.95. The molecule has 0 N–H and O–H groups in total. The number of hydrogen-bond donors (Lipinski definition) is 0. The number of rotatable bonds is 4. The lowest BCUT2D eigenvalue weighted by molar-refractivity contribution is 0.670. The fraction of sp³-hybridized carbons (Fsp3) is 0.182. The number of terminal acetylenes is 1. The normalized spacial score (nSPS) is 9.59. The highest BCUT2D eigenvalue weighted by atomic mass is 32.1. The Hall–Kier alpha value is -2.22. The summed E-state index contributed by atoms with van der Waals surface area (Å²) in [7, 11) is 0. The van der Waals surface area contributed by atoms with E-state index in [9.17, 15) is 0 Å². The molecule has 5 nitrogen and oxygen atoms in total. The van der Waals surface area contributed by atoms with E-state index in [0.717, 1.165) is 17.0 Å². The highest BCUT2D eigenvalue weighted by Crippen LogP contribution is 2.22. The molecule has 0 aliphatic carbocycles. The summed E-state index contributed by atoms with van der Waals surface area (Å²) in [5.74, 6) is 2.53. The highest BCUT2D eigenvalue weighted by Gasteiger charge is 2.08. The number of nitrogens with zero attached hydrogens (tertiary/aromatic N) is 5. The summed E-state index contributed by atoms with van der Waals surface area (Å²) < 4.78 is 1.68. The molecule has 0 spiro atoms. The maximum absolute atomic E-state index is 8.33. The van der Waals surface area contributed by atoms with Crippen LogP contribution in [0.15, 0.2) is 28.0 Å². The third kappa shape index (κ3) is 2.48. The lowest BCUT2D eigenvalue weighted by Crippen LogP contribution is -2.02. The highest BCUT2D eigenvalue weighted by molar-refractivity contribution is 7.08. The van der Waals surface area contributed by atoms with Crippen LogP contribution in [0.5, 0.6) is 0 Å². The maximum Gasteiger partial charge on any atom is 0.102 e. The van der Waals surface area contributed by atoms with E-state index >= 15 is 0 Å². The van der Waals surface area contributed by atoms with E-state index in [-0.39, 0.29) is 6.54 Å².